The van der Waals surface area contributed by atoms with E-state index in [1.165, 1.54) is 13.4 Å². The summed E-state index contributed by atoms with van der Waals surface area (Å²) in [5, 5.41) is 3.18. The summed E-state index contributed by atoms with van der Waals surface area (Å²) in [5.41, 5.74) is 2.01. The van der Waals surface area contributed by atoms with Gasteiger partial charge in [-0.1, -0.05) is 0 Å². The summed E-state index contributed by atoms with van der Waals surface area (Å²) in [4.78, 5) is 0.271. The highest BCUT2D eigenvalue weighted by molar-refractivity contribution is 7.90. The van der Waals surface area contributed by atoms with Gasteiger partial charge in [-0.25, -0.2) is 8.42 Å². The Morgan fingerprint density at radius 3 is 2.62 bits per heavy atom. The van der Waals surface area contributed by atoms with Gasteiger partial charge in [-0.05, 0) is 18.1 Å². The topological polar surface area (TPSA) is 55.4 Å². The van der Waals surface area contributed by atoms with E-state index in [2.05, 4.69) is 5.32 Å². The highest BCUT2D eigenvalue weighted by Gasteiger charge is 2.20. The van der Waals surface area contributed by atoms with Crippen molar-refractivity contribution in [1.82, 2.24) is 0 Å². The smallest absolute Gasteiger partial charge is 0.179 e. The fraction of sp³-hybridized carbons (Fsp3) is 0.400. The number of ether oxygens (including phenoxy) is 1. The maximum Gasteiger partial charge on any atom is 0.179 e. The van der Waals surface area contributed by atoms with Gasteiger partial charge in [-0.3, -0.25) is 0 Å². The third kappa shape index (κ3) is 2.25. The van der Waals surface area contributed by atoms with Crippen LogP contribution in [-0.4, -0.2) is 28.3 Å². The van der Waals surface area contributed by atoms with Crippen LogP contribution in [0, 0.1) is 0 Å². The first-order chi connectivity index (χ1) is 7.02. The summed E-state index contributed by atoms with van der Waals surface area (Å²) in [6.45, 7) is 0.853. The normalized spacial score (nSPS) is 13.6. The SMILES string of the molecule is COc1cc2c(cc1S(C)(=O)=O)CCN2.Cl. The molecule has 1 heterocycles. The van der Waals surface area contributed by atoms with Crippen molar-refractivity contribution in [2.75, 3.05) is 25.2 Å². The molecule has 0 aliphatic carbocycles. The number of nitrogens with one attached hydrogen (secondary N) is 1. The molecule has 1 aliphatic heterocycles. The van der Waals surface area contributed by atoms with Crippen LogP contribution in [0.1, 0.15) is 5.56 Å². The minimum absolute atomic E-state index is 0. The number of methoxy groups -OCH3 is 1. The Kier molecular flexibility index (Phi) is 3.70. The van der Waals surface area contributed by atoms with E-state index in [-0.39, 0.29) is 17.3 Å². The number of sulfone groups is 1. The number of benzene rings is 1. The van der Waals surface area contributed by atoms with Crippen LogP contribution >= 0.6 is 12.4 Å². The largest absolute Gasteiger partial charge is 0.495 e. The van der Waals surface area contributed by atoms with Gasteiger partial charge >= 0.3 is 0 Å². The fourth-order valence-electron chi connectivity index (χ4n) is 1.75. The van der Waals surface area contributed by atoms with E-state index in [9.17, 15) is 8.42 Å². The van der Waals surface area contributed by atoms with Crippen molar-refractivity contribution < 1.29 is 13.2 Å². The number of hydrogen-bond acceptors (Lipinski definition) is 4. The molecule has 1 N–H and O–H groups in total. The number of fused-ring (bicyclic) bond motifs is 1. The van der Waals surface area contributed by atoms with E-state index >= 15 is 0 Å². The molecular weight excluding hydrogens is 250 g/mol. The van der Waals surface area contributed by atoms with E-state index in [0.29, 0.717) is 5.75 Å². The van der Waals surface area contributed by atoms with Crippen molar-refractivity contribution in [2.24, 2.45) is 0 Å². The van der Waals surface area contributed by atoms with Crippen molar-refractivity contribution >= 4 is 27.9 Å². The van der Waals surface area contributed by atoms with Gasteiger partial charge in [0.15, 0.2) is 9.84 Å². The van der Waals surface area contributed by atoms with Crippen LogP contribution in [-0.2, 0) is 16.3 Å². The third-order valence-electron chi connectivity index (χ3n) is 2.50. The summed E-state index contributed by atoms with van der Waals surface area (Å²) in [6, 6.07) is 3.45. The van der Waals surface area contributed by atoms with E-state index in [0.717, 1.165) is 24.2 Å². The lowest BCUT2D eigenvalue weighted by Gasteiger charge is -2.09. The van der Waals surface area contributed by atoms with Gasteiger partial charge in [0.2, 0.25) is 0 Å². The number of anilines is 1. The Balaban J connectivity index is 0.00000128. The van der Waals surface area contributed by atoms with Crippen molar-refractivity contribution in [3.8, 4) is 5.75 Å². The lowest BCUT2D eigenvalue weighted by atomic mass is 10.1. The van der Waals surface area contributed by atoms with Gasteiger partial charge in [0.1, 0.15) is 10.6 Å². The van der Waals surface area contributed by atoms with Crippen molar-refractivity contribution in [3.63, 3.8) is 0 Å². The molecule has 90 valence electrons. The maximum absolute atomic E-state index is 11.5. The van der Waals surface area contributed by atoms with Gasteiger partial charge in [-0.15, -0.1) is 12.4 Å². The minimum Gasteiger partial charge on any atom is -0.495 e. The molecule has 4 nitrogen and oxygen atoms in total. The van der Waals surface area contributed by atoms with Gasteiger partial charge in [0.05, 0.1) is 7.11 Å². The van der Waals surface area contributed by atoms with E-state index in [1.807, 2.05) is 0 Å². The van der Waals surface area contributed by atoms with Gasteiger partial charge in [-0.2, -0.15) is 0 Å². The Morgan fingerprint density at radius 2 is 2.06 bits per heavy atom. The maximum atomic E-state index is 11.5. The number of rotatable bonds is 2. The average Bonchev–Trinajstić information content (AvgIpc) is 2.60. The molecule has 0 amide bonds. The quantitative estimate of drug-likeness (QED) is 0.878. The molecule has 0 aromatic heterocycles. The molecule has 0 unspecified atom stereocenters. The molecular formula is C10H14ClNO3S. The zero-order valence-corrected chi connectivity index (χ0v) is 10.7. The summed E-state index contributed by atoms with van der Waals surface area (Å²) in [7, 11) is -1.74. The van der Waals surface area contributed by atoms with Gasteiger partial charge in [0.25, 0.3) is 0 Å². The zero-order chi connectivity index (χ0) is 11.1. The van der Waals surface area contributed by atoms with Crippen LogP contribution < -0.4 is 10.1 Å². The number of hydrogen-bond donors (Lipinski definition) is 1. The molecule has 0 bridgehead atoms. The molecule has 16 heavy (non-hydrogen) atoms. The molecule has 1 aromatic rings. The Morgan fingerprint density at radius 1 is 1.38 bits per heavy atom. The third-order valence-corrected chi connectivity index (χ3v) is 3.62. The highest BCUT2D eigenvalue weighted by atomic mass is 35.5. The summed E-state index contributed by atoms with van der Waals surface area (Å²) in [5.74, 6) is 0.408. The second-order valence-electron chi connectivity index (χ2n) is 3.61. The summed E-state index contributed by atoms with van der Waals surface area (Å²) < 4.78 is 28.1. The van der Waals surface area contributed by atoms with Gasteiger partial charge < -0.3 is 10.1 Å². The number of halogens is 1. The van der Waals surface area contributed by atoms with Crippen LogP contribution in [0.25, 0.3) is 0 Å². The average molecular weight is 264 g/mol. The predicted molar refractivity (Wildman–Crippen MR) is 65.5 cm³/mol. The molecule has 1 aromatic carbocycles. The first-order valence-corrected chi connectivity index (χ1v) is 6.56. The molecule has 2 rings (SSSR count). The van der Waals surface area contributed by atoms with Crippen molar-refractivity contribution in [3.05, 3.63) is 17.7 Å². The first-order valence-electron chi connectivity index (χ1n) is 4.67. The monoisotopic (exact) mass is 263 g/mol. The Bertz CT molecular complexity index is 499. The lowest BCUT2D eigenvalue weighted by molar-refractivity contribution is 0.403. The lowest BCUT2D eigenvalue weighted by Crippen LogP contribution is -2.01. The van der Waals surface area contributed by atoms with Crippen LogP contribution in [0.4, 0.5) is 5.69 Å². The predicted octanol–water partition coefficient (Wildman–Crippen LogP) is 1.49. The minimum atomic E-state index is -3.22. The van der Waals surface area contributed by atoms with E-state index in [4.69, 9.17) is 4.74 Å². The molecule has 0 atom stereocenters. The molecule has 6 heteroatoms. The van der Waals surface area contributed by atoms with Crippen molar-refractivity contribution in [1.29, 1.82) is 0 Å². The summed E-state index contributed by atoms with van der Waals surface area (Å²) in [6.07, 6.45) is 2.06. The standard InChI is InChI=1S/C10H13NO3S.ClH/c1-14-9-6-8-7(3-4-11-8)5-10(9)15(2,12)13;/h5-6,11H,3-4H2,1-2H3;1H. The Hall–Kier alpha value is -0.940. The second-order valence-corrected chi connectivity index (χ2v) is 5.59. The van der Waals surface area contributed by atoms with Crippen molar-refractivity contribution in [2.45, 2.75) is 11.3 Å². The molecule has 0 saturated heterocycles. The molecule has 0 spiro atoms. The first kappa shape index (κ1) is 13.1. The molecule has 0 fully saturated rings. The molecule has 0 radical (unpaired) electrons. The zero-order valence-electron chi connectivity index (χ0n) is 9.11. The van der Waals surface area contributed by atoms with Crippen LogP contribution in [0.2, 0.25) is 0 Å². The van der Waals surface area contributed by atoms with Gasteiger partial charge in [0, 0.05) is 24.6 Å². The van der Waals surface area contributed by atoms with Crippen LogP contribution in [0.15, 0.2) is 17.0 Å². The highest BCUT2D eigenvalue weighted by Crippen LogP contribution is 2.33. The molecule has 1 aliphatic rings. The molecule has 0 saturated carbocycles. The second kappa shape index (κ2) is 4.51. The van der Waals surface area contributed by atoms with Crippen LogP contribution in [0.3, 0.4) is 0 Å². The van der Waals surface area contributed by atoms with Crippen LogP contribution in [0.5, 0.6) is 5.75 Å². The summed E-state index contributed by atoms with van der Waals surface area (Å²) >= 11 is 0. The van der Waals surface area contributed by atoms with E-state index in [1.54, 1.807) is 12.1 Å². The fourth-order valence-corrected chi connectivity index (χ4v) is 2.62. The van der Waals surface area contributed by atoms with E-state index < -0.39 is 9.84 Å². The Labute approximate surface area is 101 Å².